The van der Waals surface area contributed by atoms with E-state index < -0.39 is 0 Å². The van der Waals surface area contributed by atoms with E-state index in [1.54, 1.807) is 7.11 Å². The number of hydrogen-bond acceptors (Lipinski definition) is 6. The Morgan fingerprint density at radius 1 is 1.32 bits per heavy atom. The van der Waals surface area contributed by atoms with E-state index >= 15 is 0 Å². The SMILES string of the molecule is CO[C@@]12CC[C@@H](O)C[C@@H]1N(C(=O)c1nc(N)nc3c1CCCC3)CC2. The minimum Gasteiger partial charge on any atom is -0.393 e. The lowest BCUT2D eigenvalue weighted by Crippen LogP contribution is -2.53. The van der Waals surface area contributed by atoms with Gasteiger partial charge in [0, 0.05) is 24.9 Å². The van der Waals surface area contributed by atoms with Gasteiger partial charge in [-0.1, -0.05) is 0 Å². The minimum absolute atomic E-state index is 0.0923. The number of rotatable bonds is 2. The number of carbonyl (C=O) groups is 1. The van der Waals surface area contributed by atoms with Crippen LogP contribution in [-0.4, -0.2) is 57.3 Å². The first-order chi connectivity index (χ1) is 12.0. The Morgan fingerprint density at radius 3 is 2.92 bits per heavy atom. The molecule has 0 spiro atoms. The summed E-state index contributed by atoms with van der Waals surface area (Å²) in [7, 11) is 1.71. The third-order valence-electron chi connectivity index (χ3n) is 6.23. The van der Waals surface area contributed by atoms with E-state index in [9.17, 15) is 9.90 Å². The van der Waals surface area contributed by atoms with Gasteiger partial charge < -0.3 is 20.5 Å². The number of nitrogen functional groups attached to an aromatic ring is 1. The van der Waals surface area contributed by atoms with Crippen LogP contribution in [0.3, 0.4) is 0 Å². The zero-order chi connectivity index (χ0) is 17.6. The number of amides is 1. The van der Waals surface area contributed by atoms with Gasteiger partial charge in [0.25, 0.3) is 5.91 Å². The fourth-order valence-corrected chi connectivity index (χ4v) is 4.85. The van der Waals surface area contributed by atoms with Crippen molar-refractivity contribution in [3.05, 3.63) is 17.0 Å². The van der Waals surface area contributed by atoms with E-state index in [1.165, 1.54) is 0 Å². The van der Waals surface area contributed by atoms with Gasteiger partial charge in [0.05, 0.1) is 17.7 Å². The van der Waals surface area contributed by atoms with Gasteiger partial charge in [-0.15, -0.1) is 0 Å². The van der Waals surface area contributed by atoms with Gasteiger partial charge in [-0.2, -0.15) is 0 Å². The smallest absolute Gasteiger partial charge is 0.273 e. The van der Waals surface area contributed by atoms with Gasteiger partial charge in [-0.05, 0) is 51.4 Å². The third-order valence-corrected chi connectivity index (χ3v) is 6.23. The number of aliphatic hydroxyl groups excluding tert-OH is 1. The molecule has 3 atom stereocenters. The molecule has 0 radical (unpaired) electrons. The molecule has 2 heterocycles. The summed E-state index contributed by atoms with van der Waals surface area (Å²) in [6, 6.07) is -0.107. The molecule has 2 aliphatic carbocycles. The third kappa shape index (κ3) is 2.69. The number of nitrogens with two attached hydrogens (primary N) is 1. The lowest BCUT2D eigenvalue weighted by molar-refractivity contribution is -0.0825. The second kappa shape index (κ2) is 6.21. The van der Waals surface area contributed by atoms with Crippen LogP contribution in [-0.2, 0) is 17.6 Å². The molecule has 1 aromatic heterocycles. The molecular weight excluding hydrogens is 320 g/mol. The number of nitrogens with zero attached hydrogens (tertiary/aromatic N) is 3. The van der Waals surface area contributed by atoms with Crippen LogP contribution >= 0.6 is 0 Å². The molecule has 1 saturated heterocycles. The maximum absolute atomic E-state index is 13.3. The summed E-state index contributed by atoms with van der Waals surface area (Å²) in [6.07, 6.45) is 6.28. The minimum atomic E-state index is -0.383. The summed E-state index contributed by atoms with van der Waals surface area (Å²) in [5, 5.41) is 10.1. The molecular formula is C18H26N4O3. The number of hydrogen-bond donors (Lipinski definition) is 2. The van der Waals surface area contributed by atoms with E-state index in [-0.39, 0.29) is 29.6 Å². The van der Waals surface area contributed by atoms with E-state index in [0.29, 0.717) is 18.7 Å². The van der Waals surface area contributed by atoms with Crippen molar-refractivity contribution in [2.75, 3.05) is 19.4 Å². The highest BCUT2D eigenvalue weighted by atomic mass is 16.5. The Balaban J connectivity index is 1.69. The van der Waals surface area contributed by atoms with Crippen molar-refractivity contribution in [1.29, 1.82) is 0 Å². The van der Waals surface area contributed by atoms with Crippen LogP contribution in [0.25, 0.3) is 0 Å². The van der Waals surface area contributed by atoms with Crippen molar-refractivity contribution in [1.82, 2.24) is 14.9 Å². The van der Waals surface area contributed by atoms with Crippen molar-refractivity contribution in [3.8, 4) is 0 Å². The molecule has 0 aromatic carbocycles. The summed E-state index contributed by atoms with van der Waals surface area (Å²) in [5.41, 5.74) is 7.86. The molecule has 1 aromatic rings. The van der Waals surface area contributed by atoms with Crippen molar-refractivity contribution < 1.29 is 14.6 Å². The molecule has 7 heteroatoms. The van der Waals surface area contributed by atoms with Crippen LogP contribution in [0, 0.1) is 0 Å². The van der Waals surface area contributed by atoms with Crippen LogP contribution in [0.5, 0.6) is 0 Å². The predicted octanol–water partition coefficient (Wildman–Crippen LogP) is 1.08. The summed E-state index contributed by atoms with van der Waals surface area (Å²) >= 11 is 0. The van der Waals surface area contributed by atoms with Crippen molar-refractivity contribution in [2.45, 2.75) is 69.1 Å². The van der Waals surface area contributed by atoms with Gasteiger partial charge in [0.1, 0.15) is 5.69 Å². The number of aryl methyl sites for hydroxylation is 1. The Kier molecular flexibility index (Phi) is 4.16. The van der Waals surface area contributed by atoms with Gasteiger partial charge in [-0.25, -0.2) is 9.97 Å². The topological polar surface area (TPSA) is 102 Å². The average Bonchev–Trinajstić information content (AvgIpc) is 2.99. The fourth-order valence-electron chi connectivity index (χ4n) is 4.85. The lowest BCUT2D eigenvalue weighted by Gasteiger charge is -2.42. The second-order valence-electron chi connectivity index (χ2n) is 7.52. The number of aromatic nitrogens is 2. The predicted molar refractivity (Wildman–Crippen MR) is 92.1 cm³/mol. The fraction of sp³-hybridized carbons (Fsp3) is 0.722. The zero-order valence-electron chi connectivity index (χ0n) is 14.7. The normalized spacial score (nSPS) is 31.5. The molecule has 25 heavy (non-hydrogen) atoms. The Hall–Kier alpha value is -1.73. The lowest BCUT2D eigenvalue weighted by atomic mass is 9.79. The second-order valence-corrected chi connectivity index (χ2v) is 7.52. The number of ether oxygens (including phenoxy) is 1. The Bertz CT molecular complexity index is 695. The summed E-state index contributed by atoms with van der Waals surface area (Å²) in [4.78, 5) is 23.8. The maximum Gasteiger partial charge on any atom is 0.273 e. The highest BCUT2D eigenvalue weighted by molar-refractivity contribution is 5.95. The first-order valence-corrected chi connectivity index (χ1v) is 9.23. The molecule has 4 rings (SSSR count). The van der Waals surface area contributed by atoms with Crippen LogP contribution in [0.4, 0.5) is 5.95 Å². The molecule has 0 unspecified atom stereocenters. The zero-order valence-corrected chi connectivity index (χ0v) is 14.7. The summed E-state index contributed by atoms with van der Waals surface area (Å²) in [5.74, 6) is 0.0788. The largest absolute Gasteiger partial charge is 0.393 e. The van der Waals surface area contributed by atoms with E-state index in [2.05, 4.69) is 9.97 Å². The van der Waals surface area contributed by atoms with E-state index in [0.717, 1.165) is 56.2 Å². The van der Waals surface area contributed by atoms with Crippen molar-refractivity contribution >= 4 is 11.9 Å². The van der Waals surface area contributed by atoms with Crippen LogP contribution in [0.15, 0.2) is 0 Å². The van der Waals surface area contributed by atoms with Crippen molar-refractivity contribution in [2.24, 2.45) is 0 Å². The molecule has 136 valence electrons. The summed E-state index contributed by atoms with van der Waals surface area (Å²) < 4.78 is 5.84. The van der Waals surface area contributed by atoms with Crippen LogP contribution in [0.2, 0.25) is 0 Å². The number of aliphatic hydroxyl groups is 1. The number of carbonyl (C=O) groups excluding carboxylic acids is 1. The van der Waals surface area contributed by atoms with Gasteiger partial charge in [0.2, 0.25) is 5.95 Å². The molecule has 0 bridgehead atoms. The van der Waals surface area contributed by atoms with Crippen LogP contribution in [0.1, 0.15) is 60.3 Å². The van der Waals surface area contributed by atoms with Gasteiger partial charge in [-0.3, -0.25) is 4.79 Å². The molecule has 7 nitrogen and oxygen atoms in total. The van der Waals surface area contributed by atoms with E-state index in [4.69, 9.17) is 10.5 Å². The molecule has 3 N–H and O–H groups in total. The number of methoxy groups -OCH3 is 1. The van der Waals surface area contributed by atoms with Crippen LogP contribution < -0.4 is 5.73 Å². The highest BCUT2D eigenvalue weighted by Gasteiger charge is 2.52. The molecule has 1 amide bonds. The molecule has 1 aliphatic heterocycles. The molecule has 2 fully saturated rings. The van der Waals surface area contributed by atoms with Gasteiger partial charge >= 0.3 is 0 Å². The maximum atomic E-state index is 13.3. The molecule has 3 aliphatic rings. The molecule has 1 saturated carbocycles. The Labute approximate surface area is 147 Å². The standard InChI is InChI=1S/C18H26N4O3/c1-25-18-7-6-11(23)10-14(18)22(9-8-18)16(24)15-12-4-2-3-5-13(12)20-17(19)21-15/h11,14,23H,2-10H2,1H3,(H2,19,20,21)/t11-,14+,18-/m1/s1. The highest BCUT2D eigenvalue weighted by Crippen LogP contribution is 2.43. The number of fused-ring (bicyclic) bond motifs is 2. The van der Waals surface area contributed by atoms with Gasteiger partial charge in [0.15, 0.2) is 0 Å². The number of anilines is 1. The van der Waals surface area contributed by atoms with E-state index in [1.807, 2.05) is 4.90 Å². The number of likely N-dealkylation sites (tertiary alicyclic amines) is 1. The first-order valence-electron chi connectivity index (χ1n) is 9.23. The average molecular weight is 346 g/mol. The monoisotopic (exact) mass is 346 g/mol. The summed E-state index contributed by atoms with van der Waals surface area (Å²) in [6.45, 7) is 0.628. The quantitative estimate of drug-likeness (QED) is 0.831. The van der Waals surface area contributed by atoms with Crippen molar-refractivity contribution in [3.63, 3.8) is 0 Å². The Morgan fingerprint density at radius 2 is 2.12 bits per heavy atom. The first kappa shape index (κ1) is 16.7.